The van der Waals surface area contributed by atoms with Crippen molar-refractivity contribution in [2.24, 2.45) is 0 Å². The van der Waals surface area contributed by atoms with Gasteiger partial charge in [-0.15, -0.1) is 13.4 Å². The Hall–Kier alpha value is -3.49. The molecule has 1 aliphatic carbocycles. The maximum absolute atomic E-state index is 12.8. The summed E-state index contributed by atoms with van der Waals surface area (Å²) in [6, 6.07) is 5.33. The van der Waals surface area contributed by atoms with Crippen LogP contribution in [0.3, 0.4) is 0 Å². The zero-order valence-corrected chi connectivity index (χ0v) is 22.6. The second-order valence-corrected chi connectivity index (χ2v) is 10.5. The van der Waals surface area contributed by atoms with Gasteiger partial charge in [0.2, 0.25) is 17.7 Å². The average molecular weight is 616 g/mol. The number of benzene rings is 1. The number of aromatic nitrogens is 1. The van der Waals surface area contributed by atoms with Crippen molar-refractivity contribution < 1.29 is 58.3 Å². The van der Waals surface area contributed by atoms with Crippen LogP contribution in [0.2, 0.25) is 0 Å². The van der Waals surface area contributed by atoms with Gasteiger partial charge in [-0.25, -0.2) is 20.1 Å². The van der Waals surface area contributed by atoms with Crippen molar-refractivity contribution in [3.63, 3.8) is 0 Å². The van der Waals surface area contributed by atoms with E-state index < -0.39 is 40.4 Å². The molecule has 3 aromatic rings. The molecule has 2 atom stereocenters. The Labute approximate surface area is 238 Å². The fraction of sp³-hybridized carbons (Fsp3) is 0.348. The van der Waals surface area contributed by atoms with Gasteiger partial charge >= 0.3 is 11.6 Å². The number of nitrogen functional groups attached to an aromatic ring is 1. The number of hydrogen-bond acceptors (Lipinski definition) is 16. The average Bonchev–Trinajstić information content (AvgIpc) is 3.52. The van der Waals surface area contributed by atoms with Gasteiger partial charge in [-0.1, -0.05) is 10.1 Å². The number of hydrogen-bond donors (Lipinski definition) is 6. The first kappa shape index (κ1) is 30.5. The summed E-state index contributed by atoms with van der Waals surface area (Å²) in [4.78, 5) is 42.7. The molecule has 0 saturated carbocycles. The predicted molar refractivity (Wildman–Crippen MR) is 141 cm³/mol. The maximum Gasteiger partial charge on any atom is 0.339 e. The normalized spacial score (nSPS) is 15.1. The van der Waals surface area contributed by atoms with Gasteiger partial charge in [0.15, 0.2) is 0 Å². The second-order valence-electron chi connectivity index (χ2n) is 8.78. The molecule has 18 heteroatoms. The first-order valence-corrected chi connectivity index (χ1v) is 13.5. The van der Waals surface area contributed by atoms with Crippen molar-refractivity contribution in [3.05, 3.63) is 45.8 Å². The van der Waals surface area contributed by atoms with Crippen molar-refractivity contribution >= 4 is 52.6 Å². The van der Waals surface area contributed by atoms with Crippen LogP contribution in [-0.4, -0.2) is 49.1 Å². The Bertz CT molecular complexity index is 1440. The number of amides is 1. The van der Waals surface area contributed by atoms with Gasteiger partial charge < -0.3 is 30.5 Å². The number of carbonyl (C=O) groups is 2. The standard InChI is InChI=1S/C23H25N3O13S2/c24-14-9-15-13(8-17(14)41-39-37-33)22-11(3-4-12(22)23(31)34-15)16(40-38-36-32)10-18(27)25-7-1-2-21(30)35-26-19(28)5-6-20(26)29/h5-6,8-9,11,16,28-29,32-33H,1-4,7,10,24H2,(H,25,27). The topological polar surface area (TPSA) is 234 Å². The lowest BCUT2D eigenvalue weighted by molar-refractivity contribution is -0.432. The Morgan fingerprint density at radius 1 is 1.17 bits per heavy atom. The Balaban J connectivity index is 1.44. The smallest absolute Gasteiger partial charge is 0.339 e. The molecule has 4 rings (SSSR count). The van der Waals surface area contributed by atoms with Crippen LogP contribution in [0, 0.1) is 0 Å². The summed E-state index contributed by atoms with van der Waals surface area (Å²) >= 11 is 1.34. The molecule has 0 aliphatic heterocycles. The van der Waals surface area contributed by atoms with Crippen molar-refractivity contribution in [1.29, 1.82) is 0 Å². The number of anilines is 1. The zero-order valence-electron chi connectivity index (χ0n) is 21.0. The van der Waals surface area contributed by atoms with Crippen LogP contribution < -0.4 is 21.5 Å². The molecule has 0 radical (unpaired) electrons. The van der Waals surface area contributed by atoms with Crippen LogP contribution in [-0.2, 0) is 34.8 Å². The summed E-state index contributed by atoms with van der Waals surface area (Å²) in [5.41, 5.74) is 6.87. The molecule has 7 N–H and O–H groups in total. The van der Waals surface area contributed by atoms with E-state index in [4.69, 9.17) is 25.5 Å². The van der Waals surface area contributed by atoms with Crippen LogP contribution >= 0.6 is 24.1 Å². The van der Waals surface area contributed by atoms with E-state index in [0.29, 0.717) is 63.1 Å². The fourth-order valence-corrected chi connectivity index (χ4v) is 5.76. The van der Waals surface area contributed by atoms with Crippen LogP contribution in [0.4, 0.5) is 5.69 Å². The molecular weight excluding hydrogens is 590 g/mol. The SMILES string of the molecule is Nc1cc2oc(=O)c3c(c2cc1SOOO)C(C(CC(=O)NCCCC(=O)On1c(O)ccc1O)SOOO)CC3. The van der Waals surface area contributed by atoms with E-state index >= 15 is 0 Å². The minimum Gasteiger partial charge on any atom is -0.492 e. The Morgan fingerprint density at radius 3 is 2.61 bits per heavy atom. The molecule has 1 aliphatic rings. The maximum atomic E-state index is 12.8. The highest BCUT2D eigenvalue weighted by Gasteiger charge is 2.36. The highest BCUT2D eigenvalue weighted by Crippen LogP contribution is 2.45. The van der Waals surface area contributed by atoms with E-state index in [-0.39, 0.29) is 37.1 Å². The van der Waals surface area contributed by atoms with Crippen LogP contribution in [0.1, 0.15) is 42.7 Å². The minimum atomic E-state index is -0.745. The van der Waals surface area contributed by atoms with Gasteiger partial charge in [-0.3, -0.25) is 4.79 Å². The van der Waals surface area contributed by atoms with Crippen LogP contribution in [0.5, 0.6) is 11.8 Å². The summed E-state index contributed by atoms with van der Waals surface area (Å²) in [6.07, 6.45) is 0.763. The zero-order chi connectivity index (χ0) is 29.5. The molecule has 0 fully saturated rings. The van der Waals surface area contributed by atoms with Gasteiger partial charge in [0.1, 0.15) is 5.58 Å². The van der Waals surface area contributed by atoms with Crippen molar-refractivity contribution in [2.75, 3.05) is 12.3 Å². The summed E-state index contributed by atoms with van der Waals surface area (Å²) in [5.74, 6) is -2.48. The third kappa shape index (κ3) is 7.24. The molecule has 0 spiro atoms. The monoisotopic (exact) mass is 615 g/mol. The van der Waals surface area contributed by atoms with E-state index in [9.17, 15) is 24.6 Å². The highest BCUT2D eigenvalue weighted by atomic mass is 32.2. The minimum absolute atomic E-state index is 0.104. The number of nitrogens with zero attached hydrogens (tertiary/aromatic N) is 1. The summed E-state index contributed by atoms with van der Waals surface area (Å²) in [7, 11) is 0. The first-order valence-electron chi connectivity index (χ1n) is 12.0. The van der Waals surface area contributed by atoms with Crippen LogP contribution in [0.25, 0.3) is 11.0 Å². The largest absolute Gasteiger partial charge is 0.492 e. The molecule has 16 nitrogen and oxygen atoms in total. The lowest BCUT2D eigenvalue weighted by Crippen LogP contribution is -2.30. The number of fused-ring (bicyclic) bond motifs is 3. The highest BCUT2D eigenvalue weighted by molar-refractivity contribution is 7.95. The number of rotatable bonds is 14. The molecule has 0 saturated heterocycles. The first-order chi connectivity index (χ1) is 19.7. The van der Waals surface area contributed by atoms with Crippen molar-refractivity contribution in [2.45, 2.75) is 48.2 Å². The summed E-state index contributed by atoms with van der Waals surface area (Å²) in [5, 5.41) is 46.3. The summed E-state index contributed by atoms with van der Waals surface area (Å²) in [6.45, 7) is 0.104. The third-order valence-electron chi connectivity index (χ3n) is 6.31. The molecule has 0 bridgehead atoms. The molecule has 2 aromatic heterocycles. The second kappa shape index (κ2) is 13.9. The Kier molecular flexibility index (Phi) is 10.3. The quantitative estimate of drug-likeness (QED) is 0.0381. The summed E-state index contributed by atoms with van der Waals surface area (Å²) < 4.78 is 15.2. The number of aromatic hydroxyl groups is 2. The van der Waals surface area contributed by atoms with E-state index in [0.717, 1.165) is 12.1 Å². The van der Waals surface area contributed by atoms with E-state index in [2.05, 4.69) is 24.1 Å². The number of carbonyl (C=O) groups excluding carboxylic acids is 2. The van der Waals surface area contributed by atoms with Gasteiger partial charge in [-0.05, 0) is 30.9 Å². The molecule has 2 heterocycles. The molecular formula is C23H25N3O13S2. The van der Waals surface area contributed by atoms with Gasteiger partial charge in [-0.2, -0.15) is 0 Å². The predicted octanol–water partition coefficient (Wildman–Crippen LogP) is 2.43. The fourth-order valence-electron chi connectivity index (χ4n) is 4.57. The lowest BCUT2D eigenvalue weighted by Gasteiger charge is -2.23. The number of nitrogens with two attached hydrogens (primary N) is 1. The number of nitrogens with one attached hydrogen (secondary N) is 1. The van der Waals surface area contributed by atoms with Crippen molar-refractivity contribution in [1.82, 2.24) is 10.0 Å². The van der Waals surface area contributed by atoms with Crippen molar-refractivity contribution in [3.8, 4) is 11.8 Å². The van der Waals surface area contributed by atoms with Gasteiger partial charge in [0, 0.05) is 66.5 Å². The molecule has 41 heavy (non-hydrogen) atoms. The molecule has 222 valence electrons. The third-order valence-corrected chi connectivity index (χ3v) is 7.85. The molecule has 2 unspecified atom stereocenters. The van der Waals surface area contributed by atoms with Gasteiger partial charge in [0.25, 0.3) is 0 Å². The van der Waals surface area contributed by atoms with E-state index in [1.54, 1.807) is 6.07 Å². The van der Waals surface area contributed by atoms with E-state index in [1.165, 1.54) is 6.07 Å². The lowest BCUT2D eigenvalue weighted by atomic mass is 9.92. The van der Waals surface area contributed by atoms with Crippen LogP contribution in [0.15, 0.2) is 38.4 Å². The Morgan fingerprint density at radius 2 is 1.90 bits per heavy atom. The molecule has 1 aromatic carbocycles. The van der Waals surface area contributed by atoms with E-state index in [1.807, 2.05) is 0 Å². The van der Waals surface area contributed by atoms with Gasteiger partial charge in [0.05, 0.1) is 27.9 Å². The molecule has 1 amide bonds.